The van der Waals surface area contributed by atoms with Crippen LogP contribution < -0.4 is 10.0 Å². The number of sulfonamides is 1. The zero-order valence-electron chi connectivity index (χ0n) is 21.1. The predicted molar refractivity (Wildman–Crippen MR) is 148 cm³/mol. The van der Waals surface area contributed by atoms with Crippen LogP contribution in [0.25, 0.3) is 0 Å². The quantitative estimate of drug-likeness (QED) is 0.231. The molecular weight excluding hydrogens is 532 g/mol. The maximum atomic E-state index is 13.6. The van der Waals surface area contributed by atoms with Gasteiger partial charge in [-0.25, -0.2) is 8.42 Å². The Morgan fingerprint density at radius 1 is 0.875 bits per heavy atom. The van der Waals surface area contributed by atoms with Crippen molar-refractivity contribution in [3.8, 4) is 0 Å². The Labute approximate surface area is 230 Å². The van der Waals surface area contributed by atoms with E-state index < -0.39 is 37.5 Å². The maximum Gasteiger partial charge on any atom is 0.289 e. The molecule has 1 aliphatic rings. The molecule has 0 saturated carbocycles. The number of anilines is 1. The molecule has 1 heterocycles. The van der Waals surface area contributed by atoms with Crippen LogP contribution >= 0.6 is 0 Å². The molecule has 10 nitrogen and oxygen atoms in total. The van der Waals surface area contributed by atoms with Crippen molar-refractivity contribution in [1.29, 1.82) is 0 Å². The van der Waals surface area contributed by atoms with Gasteiger partial charge in [0, 0.05) is 30.4 Å². The monoisotopic (exact) mass is 556 g/mol. The summed E-state index contributed by atoms with van der Waals surface area (Å²) in [5, 5.41) is 14.3. The molecule has 5 rings (SSSR count). The van der Waals surface area contributed by atoms with Gasteiger partial charge in [-0.15, -0.1) is 0 Å². The number of nitro groups is 1. The minimum absolute atomic E-state index is 0.0373. The number of para-hydroxylation sites is 1. The second-order valence-electron chi connectivity index (χ2n) is 9.16. The van der Waals surface area contributed by atoms with Crippen molar-refractivity contribution in [2.45, 2.75) is 24.0 Å². The van der Waals surface area contributed by atoms with E-state index in [0.717, 1.165) is 23.3 Å². The van der Waals surface area contributed by atoms with Gasteiger partial charge in [-0.2, -0.15) is 0 Å². The smallest absolute Gasteiger partial charge is 0.289 e. The molecule has 1 unspecified atom stereocenters. The van der Waals surface area contributed by atoms with E-state index in [0.29, 0.717) is 5.56 Å². The molecule has 4 aromatic rings. The van der Waals surface area contributed by atoms with Gasteiger partial charge >= 0.3 is 0 Å². The number of carbonyl (C=O) groups excluding carboxylic acids is 2. The highest BCUT2D eigenvalue weighted by atomic mass is 32.2. The van der Waals surface area contributed by atoms with Crippen LogP contribution in [-0.4, -0.2) is 30.1 Å². The van der Waals surface area contributed by atoms with E-state index in [1.807, 2.05) is 60.7 Å². The number of nitrogens with one attached hydrogen (secondary N) is 2. The van der Waals surface area contributed by atoms with Gasteiger partial charge in [0.05, 0.1) is 4.92 Å². The Morgan fingerprint density at radius 3 is 2.17 bits per heavy atom. The standard InChI is InChI=1S/C29H24N4O6S/c34-28(30-18-20-9-3-1-4-10-20)27-23-16-15-22(31-40(38,39)26-14-8-7-13-25(26)33(36)37)17-24(23)29(35)32(27)19-21-11-5-2-6-12-21/h1-17,27,31H,18-19H2,(H,30,34). The summed E-state index contributed by atoms with van der Waals surface area (Å²) in [6, 6.07) is 27.0. The van der Waals surface area contributed by atoms with E-state index in [9.17, 15) is 28.1 Å². The summed E-state index contributed by atoms with van der Waals surface area (Å²) in [6.45, 7) is 0.432. The topological polar surface area (TPSA) is 139 Å². The molecule has 0 radical (unpaired) electrons. The van der Waals surface area contributed by atoms with Gasteiger partial charge in [0.25, 0.3) is 21.6 Å². The summed E-state index contributed by atoms with van der Waals surface area (Å²) in [5.41, 5.74) is 1.78. The largest absolute Gasteiger partial charge is 0.350 e. The molecule has 11 heteroatoms. The van der Waals surface area contributed by atoms with Crippen molar-refractivity contribution < 1.29 is 22.9 Å². The van der Waals surface area contributed by atoms with Crippen LogP contribution in [0.3, 0.4) is 0 Å². The first-order chi connectivity index (χ1) is 19.2. The number of benzene rings is 4. The molecule has 0 spiro atoms. The molecule has 40 heavy (non-hydrogen) atoms. The molecular formula is C29H24N4O6S. The minimum Gasteiger partial charge on any atom is -0.350 e. The summed E-state index contributed by atoms with van der Waals surface area (Å²) >= 11 is 0. The fourth-order valence-electron chi connectivity index (χ4n) is 4.64. The first kappa shape index (κ1) is 26.6. The number of nitro benzene ring substituents is 1. The molecule has 4 aromatic carbocycles. The first-order valence-electron chi connectivity index (χ1n) is 12.3. The predicted octanol–water partition coefficient (Wildman–Crippen LogP) is 4.41. The first-order valence-corrected chi connectivity index (χ1v) is 13.8. The summed E-state index contributed by atoms with van der Waals surface area (Å²) in [5.74, 6) is -0.814. The highest BCUT2D eigenvalue weighted by Crippen LogP contribution is 2.37. The molecule has 0 bridgehead atoms. The molecule has 0 aromatic heterocycles. The lowest BCUT2D eigenvalue weighted by Crippen LogP contribution is -2.38. The van der Waals surface area contributed by atoms with Gasteiger partial charge in [-0.3, -0.25) is 24.4 Å². The van der Waals surface area contributed by atoms with Gasteiger partial charge in [0.1, 0.15) is 6.04 Å². The van der Waals surface area contributed by atoms with E-state index in [4.69, 9.17) is 0 Å². The average Bonchev–Trinajstić information content (AvgIpc) is 3.23. The third-order valence-corrected chi connectivity index (χ3v) is 7.94. The lowest BCUT2D eigenvalue weighted by molar-refractivity contribution is -0.387. The van der Waals surface area contributed by atoms with Crippen molar-refractivity contribution in [2.75, 3.05) is 4.72 Å². The number of rotatable bonds is 9. The zero-order chi connectivity index (χ0) is 28.3. The third kappa shape index (κ3) is 5.40. The fourth-order valence-corrected chi connectivity index (χ4v) is 5.86. The number of hydrogen-bond acceptors (Lipinski definition) is 6. The number of fused-ring (bicyclic) bond motifs is 1. The highest BCUT2D eigenvalue weighted by molar-refractivity contribution is 7.92. The van der Waals surface area contributed by atoms with Gasteiger partial charge in [-0.05, 0) is 34.9 Å². The van der Waals surface area contributed by atoms with Crippen LogP contribution in [0.15, 0.2) is 108 Å². The second-order valence-corrected chi connectivity index (χ2v) is 10.8. The van der Waals surface area contributed by atoms with Crippen LogP contribution in [-0.2, 0) is 27.9 Å². The van der Waals surface area contributed by atoms with E-state index >= 15 is 0 Å². The Morgan fingerprint density at radius 2 is 1.50 bits per heavy atom. The lowest BCUT2D eigenvalue weighted by Gasteiger charge is -2.25. The van der Waals surface area contributed by atoms with Gasteiger partial charge in [0.2, 0.25) is 5.91 Å². The minimum atomic E-state index is -4.35. The maximum absolute atomic E-state index is 13.6. The van der Waals surface area contributed by atoms with Gasteiger partial charge in [0.15, 0.2) is 4.90 Å². The summed E-state index contributed by atoms with van der Waals surface area (Å²) in [4.78, 5) is 38.6. The molecule has 2 N–H and O–H groups in total. The van der Waals surface area contributed by atoms with Crippen LogP contribution in [0.2, 0.25) is 0 Å². The third-order valence-electron chi connectivity index (χ3n) is 6.51. The number of hydrogen-bond donors (Lipinski definition) is 2. The van der Waals surface area contributed by atoms with Crippen LogP contribution in [0.1, 0.15) is 33.1 Å². The molecule has 0 aliphatic carbocycles. The van der Waals surface area contributed by atoms with Crippen molar-refractivity contribution in [3.05, 3.63) is 135 Å². The summed E-state index contributed by atoms with van der Waals surface area (Å²) in [7, 11) is -4.35. The highest BCUT2D eigenvalue weighted by Gasteiger charge is 2.41. The van der Waals surface area contributed by atoms with E-state index in [1.165, 1.54) is 35.2 Å². The van der Waals surface area contributed by atoms with Crippen molar-refractivity contribution >= 4 is 33.2 Å². The SMILES string of the molecule is O=C(NCc1ccccc1)C1c2ccc(NS(=O)(=O)c3ccccc3[N+](=O)[O-])cc2C(=O)N1Cc1ccccc1. The van der Waals surface area contributed by atoms with Gasteiger partial charge < -0.3 is 10.2 Å². The molecule has 202 valence electrons. The van der Waals surface area contributed by atoms with Crippen LogP contribution in [0, 0.1) is 10.1 Å². The normalized spacial score (nSPS) is 14.4. The summed E-state index contributed by atoms with van der Waals surface area (Å²) in [6.07, 6.45) is 0. The number of amides is 2. The van der Waals surface area contributed by atoms with E-state index in [1.54, 1.807) is 0 Å². The fraction of sp³-hybridized carbons (Fsp3) is 0.103. The molecule has 2 amide bonds. The average molecular weight is 557 g/mol. The molecule has 1 atom stereocenters. The van der Waals surface area contributed by atoms with Crippen LogP contribution in [0.4, 0.5) is 11.4 Å². The summed E-state index contributed by atoms with van der Waals surface area (Å²) < 4.78 is 28.4. The zero-order valence-corrected chi connectivity index (χ0v) is 21.9. The van der Waals surface area contributed by atoms with Crippen LogP contribution in [0.5, 0.6) is 0 Å². The van der Waals surface area contributed by atoms with E-state index in [2.05, 4.69) is 10.0 Å². The van der Waals surface area contributed by atoms with Crippen molar-refractivity contribution in [3.63, 3.8) is 0 Å². The number of carbonyl (C=O) groups is 2. The molecule has 1 aliphatic heterocycles. The second kappa shape index (κ2) is 11.0. The Balaban J connectivity index is 1.46. The Hall–Kier alpha value is -5.03. The van der Waals surface area contributed by atoms with Crippen molar-refractivity contribution in [2.24, 2.45) is 0 Å². The Bertz CT molecular complexity index is 1690. The van der Waals surface area contributed by atoms with Crippen molar-refractivity contribution in [1.82, 2.24) is 10.2 Å². The Kier molecular flexibility index (Phi) is 7.30. The lowest BCUT2D eigenvalue weighted by atomic mass is 10.0. The van der Waals surface area contributed by atoms with E-state index in [-0.39, 0.29) is 30.2 Å². The molecule has 0 saturated heterocycles. The number of nitrogens with zero attached hydrogens (tertiary/aromatic N) is 2. The molecule has 0 fully saturated rings. The van der Waals surface area contributed by atoms with Gasteiger partial charge in [-0.1, -0.05) is 78.9 Å².